The summed E-state index contributed by atoms with van der Waals surface area (Å²) in [6, 6.07) is 1.05. The zero-order chi connectivity index (χ0) is 60.2. The molecule has 12 amide bonds. The number of amides is 12. The van der Waals surface area contributed by atoms with Crippen LogP contribution in [0.25, 0.3) is 10.9 Å². The number of phenols is 1. The lowest BCUT2D eigenvalue weighted by atomic mass is 10.0. The van der Waals surface area contributed by atoms with Crippen LogP contribution in [-0.2, 0) is 75.2 Å². The average molecular weight is 1150 g/mol. The molecule has 5 rings (SSSR count). The van der Waals surface area contributed by atoms with E-state index in [0.717, 1.165) is 0 Å². The fourth-order valence-electron chi connectivity index (χ4n) is 9.36. The highest BCUT2D eigenvalue weighted by Crippen LogP contribution is 2.26. The number of aliphatic hydroxyl groups excluding tert-OH is 1. The number of primary amides is 3. The van der Waals surface area contributed by atoms with Gasteiger partial charge in [0.2, 0.25) is 70.9 Å². The average Bonchev–Trinajstić information content (AvgIpc) is 4.36. The monoisotopic (exact) mass is 1150 g/mol. The van der Waals surface area contributed by atoms with Crippen LogP contribution in [0.5, 0.6) is 5.75 Å². The largest absolute Gasteiger partial charge is 0.508 e. The highest BCUT2D eigenvalue weighted by molar-refractivity contribution is 5.99. The Morgan fingerprint density at radius 2 is 1.12 bits per heavy atom. The summed E-state index contributed by atoms with van der Waals surface area (Å²) in [5.41, 5.74) is 23.2. The van der Waals surface area contributed by atoms with E-state index in [9.17, 15) is 77.6 Å². The van der Waals surface area contributed by atoms with Gasteiger partial charge in [-0.15, -0.1) is 0 Å². The number of para-hydroxylation sites is 1. The molecule has 0 radical (unpaired) electrons. The summed E-state index contributed by atoms with van der Waals surface area (Å²) in [5.74, 6) is -11.8. The number of aliphatic carboxylic acids is 1. The van der Waals surface area contributed by atoms with Gasteiger partial charge in [0.05, 0.1) is 25.7 Å². The Morgan fingerprint density at radius 1 is 0.598 bits per heavy atom. The van der Waals surface area contributed by atoms with Gasteiger partial charge in [-0.25, -0.2) is 4.79 Å². The number of aromatic amines is 1. The van der Waals surface area contributed by atoms with Gasteiger partial charge >= 0.3 is 5.97 Å². The van der Waals surface area contributed by atoms with E-state index < -0.39 is 171 Å². The van der Waals surface area contributed by atoms with Crippen LogP contribution in [0.4, 0.5) is 0 Å². The normalized spacial score (nSPS) is 17.0. The maximum Gasteiger partial charge on any atom is 0.328 e. The number of H-pyrrole nitrogens is 1. The van der Waals surface area contributed by atoms with E-state index in [1.54, 1.807) is 30.5 Å². The molecule has 30 nitrogen and oxygen atoms in total. The van der Waals surface area contributed by atoms with Crippen LogP contribution in [0.15, 0.2) is 54.7 Å². The van der Waals surface area contributed by atoms with Crippen molar-refractivity contribution in [3.63, 3.8) is 0 Å². The lowest BCUT2D eigenvalue weighted by Gasteiger charge is -2.31. The van der Waals surface area contributed by atoms with E-state index in [1.165, 1.54) is 34.1 Å². The summed E-state index contributed by atoms with van der Waals surface area (Å²) >= 11 is 0. The molecule has 2 aliphatic rings. The van der Waals surface area contributed by atoms with E-state index in [4.69, 9.17) is 22.9 Å². The van der Waals surface area contributed by atoms with Crippen molar-refractivity contribution < 1.29 is 77.6 Å². The third kappa shape index (κ3) is 18.7. The number of nitrogens with two attached hydrogens (primary N) is 4. The number of aromatic nitrogens is 1. The van der Waals surface area contributed by atoms with Crippen molar-refractivity contribution in [1.29, 1.82) is 0 Å². The van der Waals surface area contributed by atoms with E-state index in [-0.39, 0.29) is 57.4 Å². The van der Waals surface area contributed by atoms with Crippen molar-refractivity contribution in [2.45, 2.75) is 125 Å². The molecule has 1 aromatic heterocycles. The van der Waals surface area contributed by atoms with Gasteiger partial charge in [0, 0.05) is 62.3 Å². The first-order chi connectivity index (χ1) is 38.9. The van der Waals surface area contributed by atoms with Crippen LogP contribution in [0.1, 0.15) is 75.3 Å². The number of benzene rings is 2. The number of carbonyl (C=O) groups is 13. The van der Waals surface area contributed by atoms with Crippen LogP contribution < -0.4 is 60.2 Å². The number of aliphatic hydroxyl groups is 1. The van der Waals surface area contributed by atoms with E-state index >= 15 is 0 Å². The molecule has 3 heterocycles. The van der Waals surface area contributed by atoms with Gasteiger partial charge in [-0.05, 0) is 74.3 Å². The van der Waals surface area contributed by atoms with Crippen LogP contribution in [-0.4, -0.2) is 188 Å². The van der Waals surface area contributed by atoms with Crippen molar-refractivity contribution in [2.24, 2.45) is 22.9 Å². The molecule has 30 heteroatoms. The Morgan fingerprint density at radius 3 is 1.72 bits per heavy atom. The quantitative estimate of drug-likeness (QED) is 0.0286. The minimum Gasteiger partial charge on any atom is -0.508 e. The SMILES string of the molecule is NC(=O)CC[C@H](NC(=O)CNC(=O)[C@@H]1CCCN1C(=O)[C@@H]1CCCN1C(=O)CNC(=O)[C@@H](N)CCC(N)=O)C(=O)N[C@@H](Cc1c[nH]c2ccccc12)C(=O)N[C@@H](Cc1ccc(O)cc1)C(=O)N[C@@H](CCC(N)=O)C(=O)N[C@@H](CO)C(=O)O. The molecule has 3 aromatic rings. The standard InChI is InChI=1S/C52H70N14O16/c53-31(13-16-40(54)69)45(74)59-25-44(73)65-19-4-8-39(65)51(80)66-20-3-7-38(66)50(79)58-24-43(72)60-33(14-17-41(55)70)46(75)63-36(22-28-23-57-32-6-2-1-5-30(28)32)49(78)62-35(21-27-9-11-29(68)12-10-27)48(77)61-34(15-18-42(56)71)47(76)64-37(26-67)52(81)82/h1-2,5-6,9-12,23,31,33-39,57,67-68H,3-4,7-8,13-22,24-26,53H2,(H2,54,69)(H2,55,70)(H2,56,71)(H,58,79)(H,59,74)(H,60,72)(H,61,77)(H,62,78)(H,63,75)(H,64,76)(H,81,82)/t31-,33-,34-,35-,36-,37-,38-,39-/m0/s1. The third-order valence-electron chi connectivity index (χ3n) is 13.8. The topological polar surface area (TPSA) is 493 Å². The minimum atomic E-state index is -1.81. The number of nitrogens with one attached hydrogen (secondary N) is 8. The second kappa shape index (κ2) is 30.4. The van der Waals surface area contributed by atoms with Crippen molar-refractivity contribution in [1.82, 2.24) is 52.0 Å². The van der Waals surface area contributed by atoms with Crippen molar-refractivity contribution in [2.75, 3.05) is 32.8 Å². The number of fused-ring (bicyclic) bond motifs is 1. The first-order valence-corrected chi connectivity index (χ1v) is 26.4. The zero-order valence-corrected chi connectivity index (χ0v) is 44.7. The molecule has 19 N–H and O–H groups in total. The molecule has 0 spiro atoms. The van der Waals surface area contributed by atoms with Gasteiger partial charge < -0.3 is 90.3 Å². The number of carboxylic acids is 1. The van der Waals surface area contributed by atoms with E-state index in [0.29, 0.717) is 34.9 Å². The molecule has 444 valence electrons. The lowest BCUT2D eigenvalue weighted by molar-refractivity contribution is -0.146. The Balaban J connectivity index is 1.32. The van der Waals surface area contributed by atoms with Crippen LogP contribution in [0, 0.1) is 0 Å². The maximum absolute atomic E-state index is 14.7. The van der Waals surface area contributed by atoms with Gasteiger partial charge in [0.1, 0.15) is 48.0 Å². The summed E-state index contributed by atoms with van der Waals surface area (Å²) < 4.78 is 0. The van der Waals surface area contributed by atoms with Crippen molar-refractivity contribution >= 4 is 87.8 Å². The van der Waals surface area contributed by atoms with Crippen molar-refractivity contribution in [3.05, 3.63) is 65.9 Å². The lowest BCUT2D eigenvalue weighted by Crippen LogP contribution is -2.60. The Hall–Kier alpha value is -9.19. The molecular weight excluding hydrogens is 1080 g/mol. The predicted octanol–water partition coefficient (Wildman–Crippen LogP) is -5.50. The molecule has 0 aliphatic carbocycles. The zero-order valence-electron chi connectivity index (χ0n) is 44.7. The molecule has 2 saturated heterocycles. The molecule has 0 bridgehead atoms. The Bertz CT molecular complexity index is 2860. The number of rotatable bonds is 31. The predicted molar refractivity (Wildman–Crippen MR) is 287 cm³/mol. The molecule has 8 atom stereocenters. The number of carbonyl (C=O) groups excluding carboxylic acids is 12. The summed E-state index contributed by atoms with van der Waals surface area (Å²) in [4.78, 5) is 176. The third-order valence-corrected chi connectivity index (χ3v) is 13.8. The molecule has 2 aliphatic heterocycles. The number of likely N-dealkylation sites (tertiary alicyclic amines) is 2. The summed E-state index contributed by atoms with van der Waals surface area (Å²) in [6.45, 7) is -1.92. The first-order valence-electron chi connectivity index (χ1n) is 26.4. The van der Waals surface area contributed by atoms with Crippen LogP contribution >= 0.6 is 0 Å². The molecule has 0 unspecified atom stereocenters. The second-order valence-corrected chi connectivity index (χ2v) is 19.8. The summed E-state index contributed by atoms with van der Waals surface area (Å²) in [6.07, 6.45) is 0.342. The maximum atomic E-state index is 14.7. The molecule has 2 aromatic carbocycles. The van der Waals surface area contributed by atoms with E-state index in [2.05, 4.69) is 42.2 Å². The highest BCUT2D eigenvalue weighted by Gasteiger charge is 2.42. The van der Waals surface area contributed by atoms with Gasteiger partial charge in [0.15, 0.2) is 0 Å². The highest BCUT2D eigenvalue weighted by atomic mass is 16.4. The number of carboxylic acid groups (broad SMARTS) is 1. The fraction of sp³-hybridized carbons (Fsp3) is 0.481. The summed E-state index contributed by atoms with van der Waals surface area (Å²) in [7, 11) is 0. The van der Waals surface area contributed by atoms with Crippen molar-refractivity contribution in [3.8, 4) is 5.75 Å². The van der Waals surface area contributed by atoms with Crippen LogP contribution in [0.2, 0.25) is 0 Å². The number of hydrogen-bond acceptors (Lipinski definition) is 16. The summed E-state index contributed by atoms with van der Waals surface area (Å²) in [5, 5.41) is 46.6. The van der Waals surface area contributed by atoms with Gasteiger partial charge in [-0.1, -0.05) is 30.3 Å². The number of aromatic hydroxyl groups is 1. The number of nitrogens with zero attached hydrogens (tertiary/aromatic N) is 2. The smallest absolute Gasteiger partial charge is 0.328 e. The second-order valence-electron chi connectivity index (χ2n) is 19.8. The molecule has 2 fully saturated rings. The minimum absolute atomic E-state index is 0.0385. The number of phenolic OH excluding ortho intramolecular Hbond substituents is 1. The number of hydrogen-bond donors (Lipinski definition) is 15. The fourth-order valence-corrected chi connectivity index (χ4v) is 9.36. The molecule has 82 heavy (non-hydrogen) atoms. The van der Waals surface area contributed by atoms with Gasteiger partial charge in [-0.3, -0.25) is 57.5 Å². The van der Waals surface area contributed by atoms with Gasteiger partial charge in [-0.2, -0.15) is 0 Å². The van der Waals surface area contributed by atoms with Crippen LogP contribution in [0.3, 0.4) is 0 Å². The molecule has 0 saturated carbocycles. The van der Waals surface area contributed by atoms with Gasteiger partial charge in [0.25, 0.3) is 0 Å². The first kappa shape index (κ1) is 63.6. The Kier molecular flexibility index (Phi) is 23.6. The molecular formula is C52H70N14O16. The Labute approximate surface area is 468 Å². The van der Waals surface area contributed by atoms with E-state index in [1.807, 2.05) is 0 Å².